The number of nitrogens with one attached hydrogen (secondary N) is 3. The number of ether oxygens (including phenoxy) is 1. The van der Waals surface area contributed by atoms with Gasteiger partial charge in [-0.05, 0) is 172 Å². The fourth-order valence-electron chi connectivity index (χ4n) is 6.83. The number of halogens is 7. The smallest absolute Gasteiger partial charge is 0.354 e. The Morgan fingerprint density at radius 3 is 1.47 bits per heavy atom. The van der Waals surface area contributed by atoms with Gasteiger partial charge in [0.25, 0.3) is 0 Å². The second-order valence-corrected chi connectivity index (χ2v) is 21.4. The summed E-state index contributed by atoms with van der Waals surface area (Å²) < 4.78 is 59.0. The number of hydrogen-bond donors (Lipinski definition) is 9. The Morgan fingerprint density at radius 2 is 1.11 bits per heavy atom. The van der Waals surface area contributed by atoms with Gasteiger partial charge in [0.15, 0.2) is 11.6 Å². The lowest BCUT2D eigenvalue weighted by atomic mass is 9.92. The first kappa shape index (κ1) is 69.1. The van der Waals surface area contributed by atoms with E-state index < -0.39 is 34.6 Å². The van der Waals surface area contributed by atoms with E-state index in [4.69, 9.17) is 67.9 Å². The number of aryl methyl sites for hydroxylation is 3. The molecule has 0 aliphatic heterocycles. The normalized spacial score (nSPS) is 15.6. The number of esters is 1. The van der Waals surface area contributed by atoms with Gasteiger partial charge in [-0.25, -0.2) is 46.7 Å². The van der Waals surface area contributed by atoms with Crippen molar-refractivity contribution in [3.63, 3.8) is 0 Å². The number of allylic oxidation sites excluding steroid dienone is 2. The van der Waals surface area contributed by atoms with Crippen LogP contribution in [-0.2, 0) is 20.7 Å². The fourth-order valence-corrected chi connectivity index (χ4v) is 7.65. The van der Waals surface area contributed by atoms with Crippen molar-refractivity contribution in [1.29, 1.82) is 10.8 Å². The number of nitrogens with zero attached hydrogens (tertiary/aromatic N) is 7. The van der Waals surface area contributed by atoms with E-state index in [2.05, 4.69) is 35.2 Å². The molecule has 0 radical (unpaired) electrons. The molecule has 25 heteroatoms. The summed E-state index contributed by atoms with van der Waals surface area (Å²) in [4.78, 5) is 23.1. The zero-order valence-electron chi connectivity index (χ0n) is 46.3. The number of aromatic nitrogens is 7. The van der Waals surface area contributed by atoms with Crippen LogP contribution in [0.1, 0.15) is 128 Å². The molecule has 18 nitrogen and oxygen atoms in total. The molecule has 2 saturated carbocycles. The Bertz CT molecular complexity index is 2720. The minimum atomic E-state index is -2.54. The third-order valence-corrected chi connectivity index (χ3v) is 11.8. The van der Waals surface area contributed by atoms with Crippen molar-refractivity contribution in [3.8, 4) is 11.6 Å². The molecule has 0 saturated heterocycles. The molecular formula is C54H76Cl3F4N13O5. The van der Waals surface area contributed by atoms with E-state index in [1.165, 1.54) is 12.2 Å². The van der Waals surface area contributed by atoms with Crippen molar-refractivity contribution in [2.75, 3.05) is 11.9 Å². The number of aliphatic hydroxyl groups is 3. The zero-order chi connectivity index (χ0) is 60.1. The average Bonchev–Trinajstić information content (AvgIpc) is 4.05. The molecule has 436 valence electrons. The third kappa shape index (κ3) is 26.7. The number of carbonyl (C=O) groups is 1. The molecule has 7 rings (SSSR count). The van der Waals surface area contributed by atoms with Gasteiger partial charge >= 0.3 is 5.97 Å². The third-order valence-electron chi connectivity index (χ3n) is 11.3. The van der Waals surface area contributed by atoms with E-state index >= 15 is 0 Å². The molecule has 2 fully saturated rings. The van der Waals surface area contributed by atoms with Crippen LogP contribution < -0.4 is 22.5 Å². The Kier molecular flexibility index (Phi) is 27.2. The molecule has 5 aromatic rings. The van der Waals surface area contributed by atoms with E-state index in [0.717, 1.165) is 29.1 Å². The monoisotopic (exact) mass is 1170 g/mol. The highest BCUT2D eigenvalue weighted by atomic mass is 35.5. The first-order valence-corrected chi connectivity index (χ1v) is 26.2. The minimum Gasteiger partial charge on any atom is -0.461 e. The standard InChI is InChI=1S/C18H24F2N4O.C12H14ClN3O.C6H5Cl2N.C6H11F2N.C6H10N2O2.C6H12N2O/c1-12-10-15(21-13-4-7-18(19,20)8-5-13)22-16(11-12)24-9-6-14(23-24)17(2,3)25;1-8-6-10(13)14-11(7-8)16-5-4-9(15-16)12(2,3)17;1-4-2-5(7)9-6(8)3-4;7-6(8)3-1-5(9)2-4-6;1-2-10-6(9)5(8)3-4-7;1-6(2,9)5(8)3-4-7/h6,9-11,13,25H,4-5,7-8H2,1-3H3,(H,21,22);4-7,17H,1-3H3;2-3H,1H3;5H,1-4,9H2;3-4,7H,2,8H2,1H3;3-4,7,9H,8H2,1-2H3. The van der Waals surface area contributed by atoms with Crippen LogP contribution in [0.5, 0.6) is 0 Å². The van der Waals surface area contributed by atoms with Gasteiger partial charge in [0.1, 0.15) is 38.2 Å². The number of nitrogens with two attached hydrogens (primary N) is 3. The molecule has 0 bridgehead atoms. The molecular weight excluding hydrogens is 1090 g/mol. The van der Waals surface area contributed by atoms with Crippen LogP contribution in [0.2, 0.25) is 15.5 Å². The SMILES string of the molecule is CC(C)(O)C(N)=CC=N.CCOC(=O)C(N)=CC=N.Cc1cc(Cl)nc(-n2ccc(C(C)(C)O)n2)c1.Cc1cc(Cl)nc(Cl)c1.Cc1cc(NC2CCC(F)(F)CC2)nc(-n2ccc(C(C)(C)O)n2)c1.NC1CCC(F)(F)CC1. The maximum absolute atomic E-state index is 13.3. The topological polar surface area (TPSA) is 299 Å². The van der Waals surface area contributed by atoms with Crippen molar-refractivity contribution in [2.45, 2.75) is 161 Å². The average molecular weight is 1170 g/mol. The van der Waals surface area contributed by atoms with E-state index in [-0.39, 0.29) is 43.5 Å². The molecule has 0 atom stereocenters. The molecule has 79 heavy (non-hydrogen) atoms. The number of pyridine rings is 3. The summed E-state index contributed by atoms with van der Waals surface area (Å²) in [6.07, 6.45) is 9.64. The second kappa shape index (κ2) is 31.1. The molecule has 5 heterocycles. The van der Waals surface area contributed by atoms with Gasteiger partial charge in [0, 0.05) is 68.3 Å². The maximum Gasteiger partial charge on any atom is 0.354 e. The van der Waals surface area contributed by atoms with Crippen LogP contribution in [0.4, 0.5) is 23.4 Å². The zero-order valence-corrected chi connectivity index (χ0v) is 48.5. The van der Waals surface area contributed by atoms with Gasteiger partial charge in [-0.1, -0.05) is 34.8 Å². The summed E-state index contributed by atoms with van der Waals surface area (Å²) in [7, 11) is 0. The summed E-state index contributed by atoms with van der Waals surface area (Å²) in [5.41, 5.74) is 17.4. The first-order valence-electron chi connectivity index (χ1n) is 25.1. The van der Waals surface area contributed by atoms with Crippen LogP contribution in [0.3, 0.4) is 0 Å². The maximum atomic E-state index is 13.3. The Morgan fingerprint density at radius 1 is 0.709 bits per heavy atom. The van der Waals surface area contributed by atoms with Crippen LogP contribution in [0, 0.1) is 31.6 Å². The molecule has 5 aromatic heterocycles. The lowest BCUT2D eigenvalue weighted by molar-refractivity contribution is -0.138. The van der Waals surface area contributed by atoms with Crippen LogP contribution in [-0.4, -0.2) is 104 Å². The van der Waals surface area contributed by atoms with E-state index in [1.54, 1.807) is 101 Å². The summed E-state index contributed by atoms with van der Waals surface area (Å²) >= 11 is 17.0. The molecule has 0 aromatic carbocycles. The Balaban J connectivity index is 0.000000345. The van der Waals surface area contributed by atoms with Gasteiger partial charge in [0.2, 0.25) is 11.8 Å². The van der Waals surface area contributed by atoms with Crippen LogP contribution in [0.15, 0.2) is 84.5 Å². The Labute approximate surface area is 474 Å². The lowest BCUT2D eigenvalue weighted by Crippen LogP contribution is -2.32. The highest BCUT2D eigenvalue weighted by Crippen LogP contribution is 2.35. The minimum absolute atomic E-state index is 0.00586. The fraction of sp³-hybridized carbons (Fsp3) is 0.481. The molecule has 0 spiro atoms. The number of hydrogen-bond acceptors (Lipinski definition) is 16. The second-order valence-electron chi connectivity index (χ2n) is 20.2. The predicted molar refractivity (Wildman–Crippen MR) is 304 cm³/mol. The molecule has 0 amide bonds. The number of rotatable bonds is 11. The van der Waals surface area contributed by atoms with Gasteiger partial charge in [-0.2, -0.15) is 10.2 Å². The summed E-state index contributed by atoms with van der Waals surface area (Å²) in [5.74, 6) is -3.61. The van der Waals surface area contributed by atoms with Gasteiger partial charge in [-0.15, -0.1) is 0 Å². The van der Waals surface area contributed by atoms with Gasteiger partial charge < -0.3 is 53.4 Å². The highest BCUT2D eigenvalue weighted by Gasteiger charge is 2.35. The lowest BCUT2D eigenvalue weighted by Gasteiger charge is -2.29. The van der Waals surface area contributed by atoms with Crippen molar-refractivity contribution in [3.05, 3.63) is 128 Å². The van der Waals surface area contributed by atoms with Crippen LogP contribution >= 0.6 is 34.8 Å². The first-order chi connectivity index (χ1) is 36.5. The van der Waals surface area contributed by atoms with Crippen LogP contribution in [0.25, 0.3) is 11.6 Å². The highest BCUT2D eigenvalue weighted by molar-refractivity contribution is 6.32. The van der Waals surface area contributed by atoms with E-state index in [9.17, 15) is 32.6 Å². The quantitative estimate of drug-likeness (QED) is 0.0195. The summed E-state index contributed by atoms with van der Waals surface area (Å²) in [6, 6.07) is 14.5. The largest absolute Gasteiger partial charge is 0.461 e. The Hall–Kier alpha value is -6.01. The van der Waals surface area contributed by atoms with Crippen molar-refractivity contribution < 1.29 is 42.4 Å². The van der Waals surface area contributed by atoms with Crippen molar-refractivity contribution in [2.24, 2.45) is 17.2 Å². The summed E-state index contributed by atoms with van der Waals surface area (Å²) in [5, 5.41) is 55.4. The summed E-state index contributed by atoms with van der Waals surface area (Å²) in [6.45, 7) is 17.7. The molecule has 2 aliphatic rings. The molecule has 2 aliphatic carbocycles. The van der Waals surface area contributed by atoms with Crippen molar-refractivity contribution >= 4 is 59.0 Å². The van der Waals surface area contributed by atoms with Gasteiger partial charge in [-0.3, -0.25) is 0 Å². The van der Waals surface area contributed by atoms with E-state index in [0.29, 0.717) is 82.3 Å². The number of anilines is 1. The number of carbonyl (C=O) groups excluding carboxylic acids is 1. The van der Waals surface area contributed by atoms with Crippen molar-refractivity contribution in [1.82, 2.24) is 34.5 Å². The predicted octanol–water partition coefficient (Wildman–Crippen LogP) is 10.8. The molecule has 0 unspecified atom stereocenters. The number of alkyl halides is 4. The van der Waals surface area contributed by atoms with E-state index in [1.807, 2.05) is 39.0 Å². The van der Waals surface area contributed by atoms with Gasteiger partial charge in [0.05, 0.1) is 23.6 Å². The molecule has 12 N–H and O–H groups in total.